The number of ether oxygens (including phenoxy) is 1. The first kappa shape index (κ1) is 62.9. The van der Waals surface area contributed by atoms with E-state index in [-0.39, 0.29) is 105 Å². The molecule has 0 spiro atoms. The number of aromatic nitrogens is 2. The fraction of sp³-hybridized carbons (Fsp3) is 0.346. The van der Waals surface area contributed by atoms with E-state index in [9.17, 15) is 44.8 Å². The van der Waals surface area contributed by atoms with Crippen LogP contribution in [0.2, 0.25) is 5.02 Å². The Hall–Kier alpha value is -6.66. The van der Waals surface area contributed by atoms with Crippen molar-refractivity contribution >= 4 is 96.4 Å². The summed E-state index contributed by atoms with van der Waals surface area (Å²) in [5.74, 6) is -1.22. The Kier molecular flexibility index (Phi) is 24.8. The van der Waals surface area contributed by atoms with Gasteiger partial charge in [-0.15, -0.1) is 0 Å². The van der Waals surface area contributed by atoms with Gasteiger partial charge in [0.2, 0.25) is 5.69 Å². The average molecular weight is 1200 g/mol. The van der Waals surface area contributed by atoms with Crippen LogP contribution < -0.4 is 24.5 Å². The van der Waals surface area contributed by atoms with Crippen LogP contribution in [-0.4, -0.2) is 86.6 Å². The molecule has 77 heavy (non-hydrogen) atoms. The predicted molar refractivity (Wildman–Crippen MR) is 289 cm³/mol. The minimum absolute atomic E-state index is 0. The maximum atomic E-state index is 12.1. The summed E-state index contributed by atoms with van der Waals surface area (Å²) in [6.07, 6.45) is 26.3. The maximum absolute atomic E-state index is 12.1. The number of hydrogen-bond acceptors (Lipinski definition) is 17. The first-order chi connectivity index (χ1) is 35.9. The molecule has 4 aromatic rings. The van der Waals surface area contributed by atoms with Crippen LogP contribution in [0.15, 0.2) is 129 Å². The van der Waals surface area contributed by atoms with Gasteiger partial charge in [-0.2, -0.15) is 4.58 Å². The fourth-order valence-electron chi connectivity index (χ4n) is 8.28. The quantitative estimate of drug-likeness (QED) is 0.0334. The van der Waals surface area contributed by atoms with Gasteiger partial charge >= 0.3 is 16.0 Å². The molecule has 5 aliphatic rings. The molecule has 2 aromatic heterocycles. The third-order valence-electron chi connectivity index (χ3n) is 12.6. The molecule has 0 saturated heterocycles. The van der Waals surface area contributed by atoms with Gasteiger partial charge in [0, 0.05) is 103 Å². The maximum Gasteiger partial charge on any atom is 0.319 e. The van der Waals surface area contributed by atoms with Gasteiger partial charge in [0.05, 0.1) is 27.7 Å². The summed E-state index contributed by atoms with van der Waals surface area (Å²) in [4.78, 5) is 63.2. The molecule has 9 rings (SSSR count). The van der Waals surface area contributed by atoms with Crippen molar-refractivity contribution in [2.24, 2.45) is 26.3 Å². The van der Waals surface area contributed by atoms with Crippen molar-refractivity contribution in [2.45, 2.75) is 83.5 Å². The number of carbonyl (C=O) groups excluding carboxylic acids is 3. The van der Waals surface area contributed by atoms with E-state index < -0.39 is 9.85 Å². The van der Waals surface area contributed by atoms with Crippen LogP contribution >= 0.6 is 34.3 Å². The van der Waals surface area contributed by atoms with E-state index in [1.807, 2.05) is 13.1 Å². The third kappa shape index (κ3) is 18.0. The Labute approximate surface area is 477 Å². The third-order valence-corrected chi connectivity index (χ3v) is 14.5. The summed E-state index contributed by atoms with van der Waals surface area (Å²) < 4.78 is 7.78. The molecule has 0 bridgehead atoms. The molecule has 2 aromatic carbocycles. The largest absolute Gasteiger partial charge is 0.506 e. The molecule has 2 fully saturated rings. The Balaban J connectivity index is 0.000000252. The molecule has 2 N–H and O–H groups in total. The number of aliphatic hydroxyl groups is 2. The van der Waals surface area contributed by atoms with Crippen LogP contribution in [0, 0.1) is 26.1 Å². The zero-order valence-electron chi connectivity index (χ0n) is 42.4. The van der Waals surface area contributed by atoms with Gasteiger partial charge < -0.3 is 40.0 Å². The number of nitrogens with zero attached hydrogens (tertiary/aromatic N) is 10. The van der Waals surface area contributed by atoms with Crippen molar-refractivity contribution in [1.29, 1.82) is 0 Å². The molecule has 2 saturated carbocycles. The van der Waals surface area contributed by atoms with Crippen molar-refractivity contribution in [3.63, 3.8) is 0 Å². The molecule has 1 radical (unpaired) electrons. The SMILES string of the molecule is C1CCCC1.CCC1(C)C(/C=C/c2ccc(N(C)CCOC(=O)C3CCCC3)cc2)=[N+](C)c2ccc(Cl)cc21.O=C1C=CC(=NN=c2[n-]cc([N+](=O)[O-])s2)C(O)=C1.O=C1C=CC(=NN=c2[n-]cc([N+](=O)[O-])s2)C(O)=C1.[Co].[Fe]. The van der Waals surface area contributed by atoms with E-state index in [2.05, 4.69) is 109 Å². The van der Waals surface area contributed by atoms with Crippen LogP contribution in [0.1, 0.15) is 89.2 Å². The van der Waals surface area contributed by atoms with Crippen molar-refractivity contribution in [2.75, 3.05) is 32.1 Å². The molecule has 25 heteroatoms. The fourth-order valence-corrected chi connectivity index (χ4v) is 9.56. The molecule has 1 unspecified atom stereocenters. The van der Waals surface area contributed by atoms with E-state index >= 15 is 0 Å². The normalized spacial score (nSPS) is 19.0. The molecular weight excluding hydrogens is 1140 g/mol. The minimum atomic E-state index is -0.583. The van der Waals surface area contributed by atoms with E-state index in [0.717, 1.165) is 95.6 Å². The zero-order valence-corrected chi connectivity index (χ0v) is 46.9. The van der Waals surface area contributed by atoms with Gasteiger partial charge in [-0.1, -0.05) is 98.3 Å². The number of hydrogen-bond donors (Lipinski definition) is 2. The van der Waals surface area contributed by atoms with Crippen molar-refractivity contribution in [3.05, 3.63) is 155 Å². The number of allylic oxidation sites excluding steroid dienone is 7. The number of esters is 1. The van der Waals surface area contributed by atoms with Crippen molar-refractivity contribution < 1.29 is 77.6 Å². The number of likely N-dealkylation sites (N-methyl/N-ethyl adjacent to an activating group) is 1. The summed E-state index contributed by atoms with van der Waals surface area (Å²) in [6.45, 7) is 5.64. The summed E-state index contributed by atoms with van der Waals surface area (Å²) in [6, 6.07) is 14.7. The molecule has 20 nitrogen and oxygen atoms in total. The van der Waals surface area contributed by atoms with E-state index in [0.29, 0.717) is 13.2 Å². The number of benzene rings is 2. The molecule has 411 valence electrons. The number of ketones is 2. The van der Waals surface area contributed by atoms with Gasteiger partial charge in [-0.05, 0) is 86.4 Å². The van der Waals surface area contributed by atoms with Gasteiger partial charge in [-0.3, -0.25) is 44.8 Å². The number of nitro groups is 2. The van der Waals surface area contributed by atoms with Gasteiger partial charge in [0.15, 0.2) is 17.3 Å². The predicted octanol–water partition coefficient (Wildman–Crippen LogP) is 9.47. The molecule has 0 amide bonds. The molecule has 1 atom stereocenters. The zero-order chi connectivity index (χ0) is 54.1. The van der Waals surface area contributed by atoms with Crippen molar-refractivity contribution in [3.8, 4) is 0 Å². The van der Waals surface area contributed by atoms with Crippen LogP contribution in [0.3, 0.4) is 0 Å². The number of rotatable bonds is 12. The van der Waals surface area contributed by atoms with Crippen LogP contribution in [0.4, 0.5) is 21.4 Å². The first-order valence-electron chi connectivity index (χ1n) is 24.1. The van der Waals surface area contributed by atoms with Gasteiger partial charge in [0.25, 0.3) is 0 Å². The van der Waals surface area contributed by atoms with Gasteiger partial charge in [-0.25, -0.2) is 0 Å². The molecular formula is C52H56ClCoFeN10O10S2-. The summed E-state index contributed by atoms with van der Waals surface area (Å²) in [5.41, 5.74) is 6.16. The number of carbonyl (C=O) groups is 3. The molecule has 4 aliphatic carbocycles. The van der Waals surface area contributed by atoms with Crippen molar-refractivity contribution in [1.82, 2.24) is 9.97 Å². The minimum Gasteiger partial charge on any atom is -0.506 e. The second kappa shape index (κ2) is 30.3. The summed E-state index contributed by atoms with van der Waals surface area (Å²) >= 11 is 7.83. The topological polar surface area (TPSA) is 271 Å². The number of thiazole rings is 2. The Morgan fingerprint density at radius 1 is 0.831 bits per heavy atom. The van der Waals surface area contributed by atoms with E-state index in [1.54, 1.807) is 0 Å². The Morgan fingerprint density at radius 2 is 1.34 bits per heavy atom. The Bertz CT molecular complexity index is 3060. The number of anilines is 1. The molecule has 3 heterocycles. The van der Waals surface area contributed by atoms with Crippen LogP contribution in [0.5, 0.6) is 0 Å². The molecule has 1 aliphatic heterocycles. The number of aliphatic hydroxyl groups excluding tert-OH is 2. The van der Waals surface area contributed by atoms with E-state index in [1.165, 1.54) is 73.4 Å². The summed E-state index contributed by atoms with van der Waals surface area (Å²) in [5, 5.41) is 54.6. The van der Waals surface area contributed by atoms with Crippen LogP contribution in [0.25, 0.3) is 6.08 Å². The second-order valence-corrected chi connectivity index (χ2v) is 20.1. The standard InChI is InChI=1S/C29H36ClN2O2.2C9H6N4O4S.C5H10.Co.Fe/c1-5-29(2)25-20-23(30)13-16-26(25)32(4)27(29)17-12-21-10-14-24(15-11-21)31(3)18-19-34-28(33)22-8-6-7-9-22;2*14-5-1-2-6(7(15)3-5)11-12-9-10-4-8(18-9)13(16)17;1-2-4-5-3-1;;/h10-17,20,22H,5-9,18-19H2,1-4H3;2*1-4H,(H2,10,12,14,15);1-5H2;;/q+1;;;;;/p-2. The summed E-state index contributed by atoms with van der Waals surface area (Å²) in [7, 11) is 4.16. The van der Waals surface area contributed by atoms with E-state index in [4.69, 9.17) is 16.3 Å². The van der Waals surface area contributed by atoms with Crippen LogP contribution in [-0.2, 0) is 58.4 Å². The first-order valence-corrected chi connectivity index (χ1v) is 26.1. The monoisotopic (exact) mass is 1190 g/mol. The average Bonchev–Trinajstić information content (AvgIpc) is 4.27. The Morgan fingerprint density at radius 3 is 1.79 bits per heavy atom. The van der Waals surface area contributed by atoms with Gasteiger partial charge in [0.1, 0.15) is 36.6 Å². The second-order valence-electron chi connectivity index (χ2n) is 17.7. The number of halogens is 1. The number of fused-ring (bicyclic) bond motifs is 1. The smallest absolute Gasteiger partial charge is 0.319 e.